The Kier molecular flexibility index (Phi) is 1.71. The van der Waals surface area contributed by atoms with E-state index in [9.17, 15) is 0 Å². The summed E-state index contributed by atoms with van der Waals surface area (Å²) in [5.41, 5.74) is 0.766. The molecule has 2 aliphatic rings. The number of nitrogens with one attached hydrogen (secondary N) is 1. The molecule has 1 N–H and O–H groups in total. The van der Waals surface area contributed by atoms with Gasteiger partial charge in [-0.15, -0.1) is 0 Å². The van der Waals surface area contributed by atoms with E-state index >= 15 is 0 Å². The molecule has 2 atom stereocenters. The van der Waals surface area contributed by atoms with Crippen LogP contribution in [0.1, 0.15) is 33.1 Å². The summed E-state index contributed by atoms with van der Waals surface area (Å²) in [5, 5.41) is 3.45. The van der Waals surface area contributed by atoms with E-state index in [0.717, 1.165) is 23.8 Å². The fraction of sp³-hybridized carbons (Fsp3) is 1.00. The standard InChI is InChI=1S/C10H19N/c1-3-11-7-9-6-10(9,2)8-4-5-8/h8-9,11H,3-7H2,1-2H3. The van der Waals surface area contributed by atoms with Crippen LogP contribution < -0.4 is 5.32 Å². The Morgan fingerprint density at radius 3 is 2.73 bits per heavy atom. The molecule has 0 amide bonds. The Balaban J connectivity index is 1.74. The molecule has 2 saturated carbocycles. The van der Waals surface area contributed by atoms with Gasteiger partial charge in [-0.3, -0.25) is 0 Å². The lowest BCUT2D eigenvalue weighted by molar-refractivity contribution is 0.425. The summed E-state index contributed by atoms with van der Waals surface area (Å²) in [5.74, 6) is 2.11. The fourth-order valence-corrected chi connectivity index (χ4v) is 2.34. The first-order valence-corrected chi connectivity index (χ1v) is 4.98. The molecular formula is C10H19N. The third-order valence-corrected chi connectivity index (χ3v) is 3.61. The molecule has 1 heteroatoms. The van der Waals surface area contributed by atoms with Crippen LogP contribution in [0.25, 0.3) is 0 Å². The molecule has 64 valence electrons. The zero-order valence-corrected chi connectivity index (χ0v) is 7.69. The van der Waals surface area contributed by atoms with Crippen molar-refractivity contribution in [3.05, 3.63) is 0 Å². The Labute approximate surface area is 69.6 Å². The molecule has 0 spiro atoms. The van der Waals surface area contributed by atoms with Gasteiger partial charge in [0, 0.05) is 0 Å². The monoisotopic (exact) mass is 153 g/mol. The second kappa shape index (κ2) is 2.48. The number of hydrogen-bond acceptors (Lipinski definition) is 1. The van der Waals surface area contributed by atoms with E-state index in [1.165, 1.54) is 25.8 Å². The lowest BCUT2D eigenvalue weighted by Gasteiger charge is -2.08. The van der Waals surface area contributed by atoms with Crippen molar-refractivity contribution in [1.82, 2.24) is 5.32 Å². The maximum Gasteiger partial charge on any atom is -0.00151 e. The summed E-state index contributed by atoms with van der Waals surface area (Å²) in [6.45, 7) is 7.07. The Hall–Kier alpha value is -0.0400. The minimum Gasteiger partial charge on any atom is -0.317 e. The third kappa shape index (κ3) is 1.31. The van der Waals surface area contributed by atoms with Crippen LogP contribution in [0.5, 0.6) is 0 Å². The van der Waals surface area contributed by atoms with Crippen LogP contribution in [-0.2, 0) is 0 Å². The maximum atomic E-state index is 3.45. The molecule has 0 aliphatic heterocycles. The highest BCUT2D eigenvalue weighted by Crippen LogP contribution is 2.64. The van der Waals surface area contributed by atoms with Gasteiger partial charge in [0.1, 0.15) is 0 Å². The summed E-state index contributed by atoms with van der Waals surface area (Å²) in [6, 6.07) is 0. The van der Waals surface area contributed by atoms with E-state index in [1.54, 1.807) is 0 Å². The van der Waals surface area contributed by atoms with Crippen LogP contribution in [0.3, 0.4) is 0 Å². The molecule has 0 heterocycles. The molecule has 0 aromatic heterocycles. The average Bonchev–Trinajstić information content (AvgIpc) is 2.77. The second-order valence-electron chi connectivity index (χ2n) is 4.49. The van der Waals surface area contributed by atoms with Crippen molar-refractivity contribution in [2.24, 2.45) is 17.3 Å². The van der Waals surface area contributed by atoms with Gasteiger partial charge in [-0.1, -0.05) is 13.8 Å². The van der Waals surface area contributed by atoms with Gasteiger partial charge in [-0.05, 0) is 49.6 Å². The zero-order valence-electron chi connectivity index (χ0n) is 7.69. The van der Waals surface area contributed by atoms with Gasteiger partial charge in [-0.25, -0.2) is 0 Å². The topological polar surface area (TPSA) is 12.0 Å². The summed E-state index contributed by atoms with van der Waals surface area (Å²) < 4.78 is 0. The minimum absolute atomic E-state index is 0.766. The van der Waals surface area contributed by atoms with Crippen molar-refractivity contribution in [2.75, 3.05) is 13.1 Å². The molecule has 2 unspecified atom stereocenters. The predicted molar refractivity (Wildman–Crippen MR) is 47.5 cm³/mol. The molecular weight excluding hydrogens is 134 g/mol. The normalized spacial score (nSPS) is 42.5. The van der Waals surface area contributed by atoms with Crippen LogP contribution in [0.15, 0.2) is 0 Å². The van der Waals surface area contributed by atoms with Crippen LogP contribution in [0.4, 0.5) is 0 Å². The first-order valence-electron chi connectivity index (χ1n) is 4.98. The third-order valence-electron chi connectivity index (χ3n) is 3.61. The molecule has 0 aromatic carbocycles. The van der Waals surface area contributed by atoms with Gasteiger partial charge in [-0.2, -0.15) is 0 Å². The van der Waals surface area contributed by atoms with E-state index in [-0.39, 0.29) is 0 Å². The van der Waals surface area contributed by atoms with E-state index in [2.05, 4.69) is 19.2 Å². The van der Waals surface area contributed by atoms with E-state index in [4.69, 9.17) is 0 Å². The van der Waals surface area contributed by atoms with Crippen LogP contribution in [0, 0.1) is 17.3 Å². The SMILES string of the molecule is CCNCC1CC1(C)C1CC1. The number of hydrogen-bond donors (Lipinski definition) is 1. The first kappa shape index (κ1) is 7.60. The van der Waals surface area contributed by atoms with Gasteiger partial charge in [0.2, 0.25) is 0 Å². The van der Waals surface area contributed by atoms with Crippen molar-refractivity contribution in [3.63, 3.8) is 0 Å². The van der Waals surface area contributed by atoms with Gasteiger partial charge in [0.05, 0.1) is 0 Å². The summed E-state index contributed by atoms with van der Waals surface area (Å²) >= 11 is 0. The highest BCUT2D eigenvalue weighted by Gasteiger charge is 2.57. The summed E-state index contributed by atoms with van der Waals surface area (Å²) in [6.07, 6.45) is 4.52. The fourth-order valence-electron chi connectivity index (χ4n) is 2.34. The predicted octanol–water partition coefficient (Wildman–Crippen LogP) is 2.03. The second-order valence-corrected chi connectivity index (χ2v) is 4.49. The maximum absolute atomic E-state index is 3.45. The smallest absolute Gasteiger partial charge is 0.00151 e. The van der Waals surface area contributed by atoms with Crippen LogP contribution >= 0.6 is 0 Å². The van der Waals surface area contributed by atoms with Gasteiger partial charge in [0.25, 0.3) is 0 Å². The molecule has 2 rings (SSSR count). The van der Waals surface area contributed by atoms with E-state index in [0.29, 0.717) is 0 Å². The number of rotatable bonds is 4. The molecule has 2 aliphatic carbocycles. The Morgan fingerprint density at radius 1 is 1.45 bits per heavy atom. The molecule has 0 bridgehead atoms. The molecule has 0 aromatic rings. The lowest BCUT2D eigenvalue weighted by Crippen LogP contribution is -2.18. The van der Waals surface area contributed by atoms with Crippen molar-refractivity contribution in [3.8, 4) is 0 Å². The summed E-state index contributed by atoms with van der Waals surface area (Å²) in [4.78, 5) is 0. The Bertz CT molecular complexity index is 151. The molecule has 11 heavy (non-hydrogen) atoms. The first-order chi connectivity index (χ1) is 5.27. The van der Waals surface area contributed by atoms with Crippen molar-refractivity contribution >= 4 is 0 Å². The zero-order chi connectivity index (χ0) is 7.90. The van der Waals surface area contributed by atoms with Crippen molar-refractivity contribution in [1.29, 1.82) is 0 Å². The van der Waals surface area contributed by atoms with Crippen molar-refractivity contribution in [2.45, 2.75) is 33.1 Å². The molecule has 2 fully saturated rings. The van der Waals surface area contributed by atoms with Crippen LogP contribution in [-0.4, -0.2) is 13.1 Å². The molecule has 0 radical (unpaired) electrons. The van der Waals surface area contributed by atoms with E-state index < -0.39 is 0 Å². The Morgan fingerprint density at radius 2 is 2.18 bits per heavy atom. The lowest BCUT2D eigenvalue weighted by atomic mass is 10.0. The average molecular weight is 153 g/mol. The molecule has 1 nitrogen and oxygen atoms in total. The largest absolute Gasteiger partial charge is 0.317 e. The highest BCUT2D eigenvalue weighted by molar-refractivity contribution is 5.07. The van der Waals surface area contributed by atoms with Gasteiger partial charge in [0.15, 0.2) is 0 Å². The summed E-state index contributed by atoms with van der Waals surface area (Å²) in [7, 11) is 0. The van der Waals surface area contributed by atoms with Gasteiger partial charge < -0.3 is 5.32 Å². The van der Waals surface area contributed by atoms with Crippen molar-refractivity contribution < 1.29 is 0 Å². The minimum atomic E-state index is 0.766. The van der Waals surface area contributed by atoms with E-state index in [1.807, 2.05) is 0 Å². The molecule has 0 saturated heterocycles. The highest BCUT2D eigenvalue weighted by atomic mass is 14.9. The van der Waals surface area contributed by atoms with Gasteiger partial charge >= 0.3 is 0 Å². The quantitative estimate of drug-likeness (QED) is 0.651. The van der Waals surface area contributed by atoms with Crippen LogP contribution in [0.2, 0.25) is 0 Å².